The molecular weight excluding hydrogens is 241 g/mol. The topological polar surface area (TPSA) is 20.2 Å². The first-order valence-corrected chi connectivity index (χ1v) is 5.38. The maximum atomic E-state index is 13.6. The van der Waals surface area contributed by atoms with E-state index in [-0.39, 0.29) is 11.1 Å². The van der Waals surface area contributed by atoms with Gasteiger partial charge in [-0.25, -0.2) is 13.2 Å². The Kier molecular flexibility index (Phi) is 3.39. The highest BCUT2D eigenvalue weighted by Gasteiger charge is 2.17. The van der Waals surface area contributed by atoms with Crippen LogP contribution in [0.2, 0.25) is 0 Å². The lowest BCUT2D eigenvalue weighted by Gasteiger charge is -2.13. The first-order chi connectivity index (χ1) is 8.49. The van der Waals surface area contributed by atoms with E-state index in [2.05, 4.69) is 0 Å². The summed E-state index contributed by atoms with van der Waals surface area (Å²) < 4.78 is 39.4. The van der Waals surface area contributed by atoms with Gasteiger partial charge in [-0.05, 0) is 36.2 Å². The lowest BCUT2D eigenvalue weighted by molar-refractivity contribution is 0.214. The predicted molar refractivity (Wildman–Crippen MR) is 61.6 cm³/mol. The number of hydrogen-bond acceptors (Lipinski definition) is 1. The second-order valence-corrected chi connectivity index (χ2v) is 4.08. The molecule has 0 aliphatic carbocycles. The van der Waals surface area contributed by atoms with E-state index < -0.39 is 23.6 Å². The van der Waals surface area contributed by atoms with Gasteiger partial charge in [0.25, 0.3) is 0 Å². The van der Waals surface area contributed by atoms with Crippen molar-refractivity contribution in [1.82, 2.24) is 0 Å². The molecule has 0 aliphatic heterocycles. The van der Waals surface area contributed by atoms with Crippen molar-refractivity contribution < 1.29 is 18.3 Å². The van der Waals surface area contributed by atoms with Crippen LogP contribution in [0.1, 0.15) is 22.8 Å². The summed E-state index contributed by atoms with van der Waals surface area (Å²) in [5.74, 6) is -1.93. The second-order valence-electron chi connectivity index (χ2n) is 4.08. The molecule has 1 N–H and O–H groups in total. The summed E-state index contributed by atoms with van der Waals surface area (Å²) in [6.45, 7) is 1.48. The van der Waals surface area contributed by atoms with Gasteiger partial charge in [0.1, 0.15) is 23.6 Å². The van der Waals surface area contributed by atoms with Gasteiger partial charge in [-0.2, -0.15) is 0 Å². The zero-order valence-electron chi connectivity index (χ0n) is 9.62. The van der Waals surface area contributed by atoms with Gasteiger partial charge in [-0.15, -0.1) is 0 Å². The summed E-state index contributed by atoms with van der Waals surface area (Å²) in [5, 5.41) is 9.99. The fourth-order valence-electron chi connectivity index (χ4n) is 1.71. The summed E-state index contributed by atoms with van der Waals surface area (Å²) in [5.41, 5.74) is 0.564. The third-order valence-corrected chi connectivity index (χ3v) is 2.76. The van der Waals surface area contributed by atoms with Crippen LogP contribution in [0.5, 0.6) is 0 Å². The van der Waals surface area contributed by atoms with E-state index in [1.807, 2.05) is 0 Å². The Balaban J connectivity index is 2.42. The number of rotatable bonds is 2. The average molecular weight is 252 g/mol. The SMILES string of the molecule is Cc1cc(C(O)c2ccc(F)cc2)c(F)cc1F. The predicted octanol–water partition coefficient (Wildman–Crippen LogP) is 3.49. The second kappa shape index (κ2) is 4.82. The monoisotopic (exact) mass is 252 g/mol. The molecule has 0 saturated heterocycles. The lowest BCUT2D eigenvalue weighted by atomic mass is 9.99. The first kappa shape index (κ1) is 12.6. The molecule has 0 bridgehead atoms. The number of aryl methyl sites for hydroxylation is 1. The first-order valence-electron chi connectivity index (χ1n) is 5.38. The fraction of sp³-hybridized carbons (Fsp3) is 0.143. The highest BCUT2D eigenvalue weighted by molar-refractivity contribution is 5.34. The molecule has 0 heterocycles. The van der Waals surface area contributed by atoms with Crippen molar-refractivity contribution in [3.63, 3.8) is 0 Å². The third-order valence-electron chi connectivity index (χ3n) is 2.76. The van der Waals surface area contributed by atoms with Crippen LogP contribution >= 0.6 is 0 Å². The highest BCUT2D eigenvalue weighted by atomic mass is 19.1. The van der Waals surface area contributed by atoms with Gasteiger partial charge < -0.3 is 5.11 Å². The van der Waals surface area contributed by atoms with Crippen LogP contribution in [0.25, 0.3) is 0 Å². The Bertz CT molecular complexity index is 564. The summed E-state index contributed by atoms with van der Waals surface area (Å²) >= 11 is 0. The molecule has 1 nitrogen and oxygen atoms in total. The Hall–Kier alpha value is -1.81. The summed E-state index contributed by atoms with van der Waals surface area (Å²) in [6.07, 6.45) is -1.25. The molecule has 0 aliphatic rings. The molecule has 4 heteroatoms. The van der Waals surface area contributed by atoms with E-state index in [9.17, 15) is 18.3 Å². The van der Waals surface area contributed by atoms with Crippen molar-refractivity contribution in [2.75, 3.05) is 0 Å². The molecule has 0 amide bonds. The van der Waals surface area contributed by atoms with Crippen LogP contribution in [-0.4, -0.2) is 5.11 Å². The zero-order chi connectivity index (χ0) is 13.3. The maximum Gasteiger partial charge on any atom is 0.132 e. The van der Waals surface area contributed by atoms with Crippen molar-refractivity contribution in [3.8, 4) is 0 Å². The Labute approximate surface area is 103 Å². The molecule has 0 saturated carbocycles. The average Bonchev–Trinajstić information content (AvgIpc) is 2.34. The maximum absolute atomic E-state index is 13.6. The van der Waals surface area contributed by atoms with Gasteiger partial charge in [-0.3, -0.25) is 0 Å². The minimum Gasteiger partial charge on any atom is -0.384 e. The quantitative estimate of drug-likeness (QED) is 0.867. The normalized spacial score (nSPS) is 12.5. The van der Waals surface area contributed by atoms with E-state index in [4.69, 9.17) is 0 Å². The lowest BCUT2D eigenvalue weighted by Crippen LogP contribution is -2.04. The van der Waals surface area contributed by atoms with Crippen LogP contribution in [-0.2, 0) is 0 Å². The molecule has 2 aromatic rings. The van der Waals surface area contributed by atoms with Gasteiger partial charge in [0, 0.05) is 11.6 Å². The highest BCUT2D eigenvalue weighted by Crippen LogP contribution is 2.26. The fourth-order valence-corrected chi connectivity index (χ4v) is 1.71. The summed E-state index contributed by atoms with van der Waals surface area (Å²) in [4.78, 5) is 0. The van der Waals surface area contributed by atoms with Gasteiger partial charge in [0.15, 0.2) is 0 Å². The molecule has 0 radical (unpaired) electrons. The Morgan fingerprint density at radius 3 is 2.17 bits per heavy atom. The number of hydrogen-bond donors (Lipinski definition) is 1. The van der Waals surface area contributed by atoms with Crippen LogP contribution in [0.3, 0.4) is 0 Å². The van der Waals surface area contributed by atoms with Gasteiger partial charge in [-0.1, -0.05) is 12.1 Å². The number of benzene rings is 2. The molecule has 2 aromatic carbocycles. The number of halogens is 3. The van der Waals surface area contributed by atoms with E-state index in [1.54, 1.807) is 0 Å². The molecule has 0 aromatic heterocycles. The molecule has 0 spiro atoms. The Morgan fingerprint density at radius 1 is 0.944 bits per heavy atom. The minimum atomic E-state index is -1.25. The standard InChI is InChI=1S/C14H11F3O/c1-8-6-11(13(17)7-12(8)16)14(18)9-2-4-10(15)5-3-9/h2-7,14,18H,1H3. The van der Waals surface area contributed by atoms with Crippen LogP contribution in [0.4, 0.5) is 13.2 Å². The molecule has 1 atom stereocenters. The van der Waals surface area contributed by atoms with Crippen molar-refractivity contribution >= 4 is 0 Å². The minimum absolute atomic E-state index is 0.0273. The molecule has 94 valence electrons. The van der Waals surface area contributed by atoms with Crippen LogP contribution in [0, 0.1) is 24.4 Å². The van der Waals surface area contributed by atoms with Crippen molar-refractivity contribution in [2.45, 2.75) is 13.0 Å². The van der Waals surface area contributed by atoms with Crippen molar-refractivity contribution in [3.05, 3.63) is 70.5 Å². The third kappa shape index (κ3) is 2.38. The molecular formula is C14H11F3O. The molecule has 18 heavy (non-hydrogen) atoms. The van der Waals surface area contributed by atoms with E-state index >= 15 is 0 Å². The zero-order valence-corrected chi connectivity index (χ0v) is 9.62. The van der Waals surface area contributed by atoms with E-state index in [0.29, 0.717) is 5.56 Å². The van der Waals surface area contributed by atoms with Crippen molar-refractivity contribution in [2.24, 2.45) is 0 Å². The smallest absolute Gasteiger partial charge is 0.132 e. The molecule has 0 fully saturated rings. The Morgan fingerprint density at radius 2 is 1.56 bits per heavy atom. The van der Waals surface area contributed by atoms with Gasteiger partial charge in [0.05, 0.1) is 0 Å². The van der Waals surface area contributed by atoms with Crippen LogP contribution < -0.4 is 0 Å². The van der Waals surface area contributed by atoms with Gasteiger partial charge >= 0.3 is 0 Å². The van der Waals surface area contributed by atoms with Gasteiger partial charge in [0.2, 0.25) is 0 Å². The number of aliphatic hydroxyl groups is 1. The van der Waals surface area contributed by atoms with E-state index in [0.717, 1.165) is 6.07 Å². The largest absolute Gasteiger partial charge is 0.384 e. The summed E-state index contributed by atoms with van der Waals surface area (Å²) in [7, 11) is 0. The molecule has 1 unspecified atom stereocenters. The molecule has 2 rings (SSSR count). The van der Waals surface area contributed by atoms with Crippen molar-refractivity contribution in [1.29, 1.82) is 0 Å². The van der Waals surface area contributed by atoms with E-state index in [1.165, 1.54) is 37.3 Å². The number of aliphatic hydroxyl groups excluding tert-OH is 1. The summed E-state index contributed by atoms with van der Waals surface area (Å²) in [6, 6.07) is 7.05. The van der Waals surface area contributed by atoms with Crippen LogP contribution in [0.15, 0.2) is 36.4 Å².